The molecule has 0 bridgehead atoms. The quantitative estimate of drug-likeness (QED) is 0.762. The Labute approximate surface area is 111 Å². The van der Waals surface area contributed by atoms with Crippen LogP contribution >= 0.6 is 0 Å². The van der Waals surface area contributed by atoms with Crippen LogP contribution in [0.25, 0.3) is 0 Å². The summed E-state index contributed by atoms with van der Waals surface area (Å²) in [6.45, 7) is 5.20. The molecule has 6 heteroatoms. The molecule has 0 aromatic rings. The maximum absolute atomic E-state index is 12.6. The normalized spacial score (nSPS) is 40.4. The van der Waals surface area contributed by atoms with E-state index in [4.69, 9.17) is 9.47 Å². The lowest BCUT2D eigenvalue weighted by Crippen LogP contribution is -2.60. The molecule has 0 radical (unpaired) electrons. The van der Waals surface area contributed by atoms with Crippen LogP contribution in [0.15, 0.2) is 0 Å². The highest BCUT2D eigenvalue weighted by Gasteiger charge is 2.54. The molecule has 0 spiro atoms. The second-order valence-corrected chi connectivity index (χ2v) is 6.33. The van der Waals surface area contributed by atoms with E-state index in [1.807, 2.05) is 13.8 Å². The van der Waals surface area contributed by atoms with E-state index in [1.54, 1.807) is 4.90 Å². The Kier molecular flexibility index (Phi) is 3.05. The number of alkyl halides is 2. The lowest BCUT2D eigenvalue weighted by Gasteiger charge is -2.45. The van der Waals surface area contributed by atoms with Gasteiger partial charge in [-0.05, 0) is 20.3 Å². The topological polar surface area (TPSA) is 38.8 Å². The van der Waals surface area contributed by atoms with Crippen LogP contribution in [-0.2, 0) is 14.3 Å². The average molecular weight is 275 g/mol. The molecule has 108 valence electrons. The van der Waals surface area contributed by atoms with Crippen LogP contribution in [0.4, 0.5) is 8.78 Å². The average Bonchev–Trinajstić information content (AvgIpc) is 2.99. The summed E-state index contributed by atoms with van der Waals surface area (Å²) in [7, 11) is 0. The molecule has 3 fully saturated rings. The summed E-state index contributed by atoms with van der Waals surface area (Å²) in [5.74, 6) is -1.41. The van der Waals surface area contributed by atoms with E-state index < -0.39 is 23.9 Å². The van der Waals surface area contributed by atoms with Gasteiger partial charge in [0.1, 0.15) is 6.10 Å². The van der Waals surface area contributed by atoms with Crippen molar-refractivity contribution in [1.82, 2.24) is 4.90 Å². The van der Waals surface area contributed by atoms with Gasteiger partial charge in [0.25, 0.3) is 0 Å². The predicted octanol–water partition coefficient (Wildman–Crippen LogP) is 1.29. The van der Waals surface area contributed by atoms with Crippen molar-refractivity contribution in [2.75, 3.05) is 19.8 Å². The molecule has 0 aromatic carbocycles. The highest BCUT2D eigenvalue weighted by atomic mass is 19.3. The molecule has 0 unspecified atom stereocenters. The zero-order valence-corrected chi connectivity index (χ0v) is 11.1. The molecule has 1 aliphatic carbocycles. The number of carbonyl (C=O) groups is 1. The highest BCUT2D eigenvalue weighted by Crippen LogP contribution is 2.45. The van der Waals surface area contributed by atoms with E-state index in [0.717, 1.165) is 0 Å². The monoisotopic (exact) mass is 275 g/mol. The molecule has 1 amide bonds. The third-order valence-corrected chi connectivity index (χ3v) is 4.19. The molecule has 2 saturated heterocycles. The number of carbonyl (C=O) groups excluding carboxylic acids is 1. The maximum atomic E-state index is 12.6. The molecular weight excluding hydrogens is 256 g/mol. The fourth-order valence-corrected chi connectivity index (χ4v) is 3.13. The number of hydrogen-bond donors (Lipinski definition) is 0. The Morgan fingerprint density at radius 3 is 2.74 bits per heavy atom. The van der Waals surface area contributed by atoms with Gasteiger partial charge in [-0.25, -0.2) is 8.78 Å². The van der Waals surface area contributed by atoms with Crippen molar-refractivity contribution in [3.63, 3.8) is 0 Å². The Hall–Kier alpha value is -0.750. The van der Waals surface area contributed by atoms with Crippen molar-refractivity contribution >= 4 is 5.91 Å². The van der Waals surface area contributed by atoms with Crippen LogP contribution in [-0.4, -0.2) is 54.7 Å². The van der Waals surface area contributed by atoms with E-state index in [1.165, 1.54) is 0 Å². The van der Waals surface area contributed by atoms with Crippen molar-refractivity contribution in [3.8, 4) is 0 Å². The number of hydrogen-bond acceptors (Lipinski definition) is 3. The first-order valence-electron chi connectivity index (χ1n) is 6.73. The molecule has 0 aromatic heterocycles. The zero-order chi connectivity index (χ0) is 13.8. The summed E-state index contributed by atoms with van der Waals surface area (Å²) >= 11 is 0. The van der Waals surface area contributed by atoms with Crippen LogP contribution in [0.5, 0.6) is 0 Å². The number of rotatable bonds is 2. The predicted molar refractivity (Wildman–Crippen MR) is 62.9 cm³/mol. The smallest absolute Gasteiger partial charge is 0.242 e. The van der Waals surface area contributed by atoms with Gasteiger partial charge in [0, 0.05) is 18.4 Å². The van der Waals surface area contributed by atoms with Crippen molar-refractivity contribution in [2.24, 2.45) is 11.8 Å². The molecule has 0 N–H and O–H groups in total. The van der Waals surface area contributed by atoms with Gasteiger partial charge in [-0.15, -0.1) is 0 Å². The van der Waals surface area contributed by atoms with Gasteiger partial charge in [-0.2, -0.15) is 0 Å². The lowest BCUT2D eigenvalue weighted by molar-refractivity contribution is -0.170. The van der Waals surface area contributed by atoms with Gasteiger partial charge in [0.05, 0.1) is 24.9 Å². The Bertz CT molecular complexity index is 388. The van der Waals surface area contributed by atoms with Crippen molar-refractivity contribution in [2.45, 2.75) is 44.4 Å². The number of fused-ring (bicyclic) bond motifs is 1. The van der Waals surface area contributed by atoms with Crippen molar-refractivity contribution < 1.29 is 23.0 Å². The number of nitrogens with zero attached hydrogens (tertiary/aromatic N) is 1. The molecule has 4 atom stereocenters. The maximum Gasteiger partial charge on any atom is 0.242 e. The molecule has 19 heavy (non-hydrogen) atoms. The summed E-state index contributed by atoms with van der Waals surface area (Å²) in [6.07, 6.45) is -2.21. The summed E-state index contributed by atoms with van der Waals surface area (Å²) < 4.78 is 36.5. The standard InChI is InChI=1S/C13H19F2NO3/c1-13(2)6-16(9-4-18-5-10(9)19-13)12(17)8-3-7(8)11(14)15/h7-11H,3-6H2,1-2H3/t7-,8+,9+,10+/m0/s1. The number of halogens is 2. The van der Waals surface area contributed by atoms with Crippen LogP contribution < -0.4 is 0 Å². The summed E-state index contributed by atoms with van der Waals surface area (Å²) in [5.41, 5.74) is -0.445. The first kappa shape index (κ1) is 13.2. The number of ether oxygens (including phenoxy) is 2. The second kappa shape index (κ2) is 4.38. The molecule has 3 aliphatic rings. The third kappa shape index (κ3) is 2.36. The minimum atomic E-state index is -2.39. The van der Waals surface area contributed by atoms with E-state index in [9.17, 15) is 13.6 Å². The first-order valence-corrected chi connectivity index (χ1v) is 6.73. The lowest BCUT2D eigenvalue weighted by atomic mass is 10.00. The van der Waals surface area contributed by atoms with Crippen LogP contribution in [0.1, 0.15) is 20.3 Å². The van der Waals surface area contributed by atoms with E-state index in [-0.39, 0.29) is 18.1 Å². The molecule has 2 aliphatic heterocycles. The zero-order valence-electron chi connectivity index (χ0n) is 11.1. The van der Waals surface area contributed by atoms with Crippen molar-refractivity contribution in [1.29, 1.82) is 0 Å². The second-order valence-electron chi connectivity index (χ2n) is 6.33. The molecule has 4 nitrogen and oxygen atoms in total. The SMILES string of the molecule is CC1(C)CN(C(=O)[C@@H]2C[C@@H]2C(F)F)[C@@H]2COC[C@H]2O1. The number of morpholine rings is 1. The summed E-state index contributed by atoms with van der Waals surface area (Å²) in [5, 5.41) is 0. The van der Waals surface area contributed by atoms with Crippen LogP contribution in [0.2, 0.25) is 0 Å². The number of amides is 1. The van der Waals surface area contributed by atoms with E-state index >= 15 is 0 Å². The van der Waals surface area contributed by atoms with Gasteiger partial charge in [-0.3, -0.25) is 4.79 Å². The largest absolute Gasteiger partial charge is 0.376 e. The fraction of sp³-hybridized carbons (Fsp3) is 0.923. The first-order chi connectivity index (χ1) is 8.89. The Balaban J connectivity index is 1.73. The van der Waals surface area contributed by atoms with E-state index in [0.29, 0.717) is 26.2 Å². The Morgan fingerprint density at radius 1 is 1.37 bits per heavy atom. The van der Waals surface area contributed by atoms with Crippen molar-refractivity contribution in [3.05, 3.63) is 0 Å². The Morgan fingerprint density at radius 2 is 2.11 bits per heavy atom. The van der Waals surface area contributed by atoms with E-state index in [2.05, 4.69) is 0 Å². The van der Waals surface area contributed by atoms with Gasteiger partial charge >= 0.3 is 0 Å². The molecular formula is C13H19F2NO3. The fourth-order valence-electron chi connectivity index (χ4n) is 3.13. The highest BCUT2D eigenvalue weighted by molar-refractivity contribution is 5.82. The summed E-state index contributed by atoms with van der Waals surface area (Å²) in [6, 6.07) is -0.112. The van der Waals surface area contributed by atoms with Gasteiger partial charge in [-0.1, -0.05) is 0 Å². The molecule has 2 heterocycles. The summed E-state index contributed by atoms with van der Waals surface area (Å²) in [4.78, 5) is 14.1. The van der Waals surface area contributed by atoms with Gasteiger partial charge < -0.3 is 14.4 Å². The molecule has 1 saturated carbocycles. The minimum absolute atomic E-state index is 0.112. The molecule has 3 rings (SSSR count). The third-order valence-electron chi connectivity index (χ3n) is 4.19. The minimum Gasteiger partial charge on any atom is -0.376 e. The van der Waals surface area contributed by atoms with Crippen LogP contribution in [0, 0.1) is 11.8 Å². The van der Waals surface area contributed by atoms with Crippen LogP contribution in [0.3, 0.4) is 0 Å². The van der Waals surface area contributed by atoms with Gasteiger partial charge in [0.2, 0.25) is 12.3 Å². The van der Waals surface area contributed by atoms with Gasteiger partial charge in [0.15, 0.2) is 0 Å².